The van der Waals surface area contributed by atoms with Gasteiger partial charge in [0.15, 0.2) is 0 Å². The van der Waals surface area contributed by atoms with E-state index in [9.17, 15) is 4.79 Å². The van der Waals surface area contributed by atoms with E-state index in [1.165, 1.54) is 0 Å². The Morgan fingerprint density at radius 3 is 2.62 bits per heavy atom. The summed E-state index contributed by atoms with van der Waals surface area (Å²) in [4.78, 5) is 13.3. The van der Waals surface area contributed by atoms with E-state index in [1.807, 2.05) is 21.0 Å². The van der Waals surface area contributed by atoms with E-state index in [1.54, 1.807) is 0 Å². The van der Waals surface area contributed by atoms with Crippen LogP contribution in [-0.2, 0) is 4.79 Å². The zero-order valence-electron chi connectivity index (χ0n) is 8.64. The number of halogens is 1. The molecule has 13 heavy (non-hydrogen) atoms. The van der Waals surface area contributed by atoms with Crippen LogP contribution in [0.3, 0.4) is 0 Å². The number of amides is 1. The van der Waals surface area contributed by atoms with Gasteiger partial charge in [0.1, 0.15) is 0 Å². The second-order valence-electron chi connectivity index (χ2n) is 3.50. The molecule has 0 fully saturated rings. The van der Waals surface area contributed by atoms with Crippen molar-refractivity contribution in [2.75, 3.05) is 33.1 Å². The normalized spacial score (nSPS) is 13.0. The van der Waals surface area contributed by atoms with Crippen molar-refractivity contribution in [1.82, 2.24) is 10.2 Å². The lowest BCUT2D eigenvalue weighted by Gasteiger charge is -2.11. The number of carbonyl (C=O) groups is 1. The molecule has 1 unspecified atom stereocenters. The molecule has 0 spiro atoms. The van der Waals surface area contributed by atoms with Gasteiger partial charge in [0.2, 0.25) is 5.91 Å². The summed E-state index contributed by atoms with van der Waals surface area (Å²) in [5.41, 5.74) is 0. The Hall–Kier alpha value is -0.280. The molecule has 0 aliphatic carbocycles. The average molecular weight is 207 g/mol. The molecule has 0 radical (unpaired) electrons. The summed E-state index contributed by atoms with van der Waals surface area (Å²) in [7, 11) is 4.03. The number of nitrogens with one attached hydrogen (secondary N) is 1. The van der Waals surface area contributed by atoms with Crippen LogP contribution in [0.5, 0.6) is 0 Å². The predicted octanol–water partition coefficient (Wildman–Crippen LogP) is 0.929. The van der Waals surface area contributed by atoms with Crippen LogP contribution in [-0.4, -0.2) is 43.9 Å². The summed E-state index contributed by atoms with van der Waals surface area (Å²) >= 11 is 5.54. The van der Waals surface area contributed by atoms with Gasteiger partial charge in [-0.1, -0.05) is 6.92 Å². The summed E-state index contributed by atoms with van der Waals surface area (Å²) in [6, 6.07) is 0. The van der Waals surface area contributed by atoms with Crippen molar-refractivity contribution in [3.05, 3.63) is 0 Å². The molecule has 0 saturated heterocycles. The van der Waals surface area contributed by atoms with E-state index >= 15 is 0 Å². The van der Waals surface area contributed by atoms with Crippen molar-refractivity contribution in [3.8, 4) is 0 Å². The molecule has 1 amide bonds. The number of rotatable bonds is 6. The van der Waals surface area contributed by atoms with Crippen molar-refractivity contribution in [2.45, 2.75) is 13.3 Å². The number of alkyl halides is 1. The Bertz CT molecular complexity index is 151. The van der Waals surface area contributed by atoms with Crippen molar-refractivity contribution in [3.63, 3.8) is 0 Å². The van der Waals surface area contributed by atoms with Gasteiger partial charge >= 0.3 is 0 Å². The van der Waals surface area contributed by atoms with Crippen molar-refractivity contribution in [2.24, 2.45) is 5.92 Å². The van der Waals surface area contributed by atoms with Gasteiger partial charge in [0, 0.05) is 18.3 Å². The third-order valence-electron chi connectivity index (χ3n) is 1.76. The molecule has 1 atom stereocenters. The number of carbonyl (C=O) groups excluding carboxylic acids is 1. The van der Waals surface area contributed by atoms with Gasteiger partial charge < -0.3 is 10.2 Å². The van der Waals surface area contributed by atoms with Crippen molar-refractivity contribution < 1.29 is 4.79 Å². The fraction of sp³-hybridized carbons (Fsp3) is 0.889. The molecule has 0 aromatic heterocycles. The maximum Gasteiger partial charge on any atom is 0.224 e. The Labute approximate surface area is 85.4 Å². The standard InChI is InChI=1S/C9H19ClN2O/c1-8(7-10)9(13)11-5-4-6-12(2)3/h8H,4-7H2,1-3H3,(H,11,13). The van der Waals surface area contributed by atoms with E-state index in [-0.39, 0.29) is 11.8 Å². The Morgan fingerprint density at radius 1 is 1.54 bits per heavy atom. The molecular formula is C9H19ClN2O. The van der Waals surface area contributed by atoms with Crippen LogP contribution in [0.2, 0.25) is 0 Å². The van der Waals surface area contributed by atoms with Crippen molar-refractivity contribution >= 4 is 17.5 Å². The van der Waals surface area contributed by atoms with Gasteiger partial charge in [-0.3, -0.25) is 4.79 Å². The minimum absolute atomic E-state index is 0.0498. The van der Waals surface area contributed by atoms with Gasteiger partial charge in [-0.2, -0.15) is 0 Å². The molecule has 0 rings (SSSR count). The van der Waals surface area contributed by atoms with Crippen LogP contribution in [0.1, 0.15) is 13.3 Å². The van der Waals surface area contributed by atoms with E-state index in [4.69, 9.17) is 11.6 Å². The molecule has 0 aromatic carbocycles. The highest BCUT2D eigenvalue weighted by molar-refractivity contribution is 6.19. The van der Waals surface area contributed by atoms with Crippen LogP contribution in [0.25, 0.3) is 0 Å². The maximum atomic E-state index is 11.2. The average Bonchev–Trinajstić information content (AvgIpc) is 2.10. The van der Waals surface area contributed by atoms with Crippen LogP contribution in [0, 0.1) is 5.92 Å². The summed E-state index contributed by atoms with van der Waals surface area (Å²) in [5, 5.41) is 2.84. The molecule has 4 heteroatoms. The maximum absolute atomic E-state index is 11.2. The molecule has 0 heterocycles. The SMILES string of the molecule is CC(CCl)C(=O)NCCCN(C)C. The quantitative estimate of drug-likeness (QED) is 0.518. The predicted molar refractivity (Wildman–Crippen MR) is 56.1 cm³/mol. The van der Waals surface area contributed by atoms with E-state index in [0.717, 1.165) is 19.5 Å². The first-order valence-electron chi connectivity index (χ1n) is 4.56. The summed E-state index contributed by atoms with van der Waals surface area (Å²) in [6.45, 7) is 3.56. The highest BCUT2D eigenvalue weighted by Gasteiger charge is 2.09. The molecule has 78 valence electrons. The molecular weight excluding hydrogens is 188 g/mol. The third kappa shape index (κ3) is 6.84. The van der Waals surface area contributed by atoms with Crippen LogP contribution < -0.4 is 5.32 Å². The smallest absolute Gasteiger partial charge is 0.224 e. The Balaban J connectivity index is 3.37. The molecule has 0 bridgehead atoms. The lowest BCUT2D eigenvalue weighted by molar-refractivity contribution is -0.123. The molecule has 0 aromatic rings. The minimum Gasteiger partial charge on any atom is -0.356 e. The van der Waals surface area contributed by atoms with Crippen LogP contribution in [0.15, 0.2) is 0 Å². The first kappa shape index (κ1) is 12.7. The number of hydrogen-bond acceptors (Lipinski definition) is 2. The second-order valence-corrected chi connectivity index (χ2v) is 3.81. The Kier molecular flexibility index (Phi) is 7.00. The van der Waals surface area contributed by atoms with E-state index in [2.05, 4.69) is 10.2 Å². The zero-order valence-corrected chi connectivity index (χ0v) is 9.40. The van der Waals surface area contributed by atoms with Gasteiger partial charge in [0.05, 0.1) is 0 Å². The summed E-state index contributed by atoms with van der Waals surface area (Å²) in [6.07, 6.45) is 0.980. The van der Waals surface area contributed by atoms with Gasteiger partial charge in [-0.15, -0.1) is 11.6 Å². The lowest BCUT2D eigenvalue weighted by atomic mass is 10.2. The number of nitrogens with zero attached hydrogens (tertiary/aromatic N) is 1. The molecule has 3 nitrogen and oxygen atoms in total. The summed E-state index contributed by atoms with van der Waals surface area (Å²) in [5.74, 6) is 0.356. The minimum atomic E-state index is -0.0824. The molecule has 0 aliphatic heterocycles. The zero-order chi connectivity index (χ0) is 10.3. The third-order valence-corrected chi connectivity index (χ3v) is 2.22. The van der Waals surface area contributed by atoms with Gasteiger partial charge in [-0.05, 0) is 27.1 Å². The molecule has 1 N–H and O–H groups in total. The molecule has 0 aliphatic rings. The summed E-state index contributed by atoms with van der Waals surface area (Å²) < 4.78 is 0. The first-order chi connectivity index (χ1) is 6.07. The van der Waals surface area contributed by atoms with E-state index in [0.29, 0.717) is 5.88 Å². The first-order valence-corrected chi connectivity index (χ1v) is 5.09. The topological polar surface area (TPSA) is 32.3 Å². The highest BCUT2D eigenvalue weighted by atomic mass is 35.5. The van der Waals surface area contributed by atoms with Crippen LogP contribution >= 0.6 is 11.6 Å². The number of hydrogen-bond donors (Lipinski definition) is 1. The second kappa shape index (κ2) is 7.15. The highest BCUT2D eigenvalue weighted by Crippen LogP contribution is 1.96. The monoisotopic (exact) mass is 206 g/mol. The van der Waals surface area contributed by atoms with Crippen molar-refractivity contribution in [1.29, 1.82) is 0 Å². The largest absolute Gasteiger partial charge is 0.356 e. The fourth-order valence-electron chi connectivity index (χ4n) is 0.851. The molecule has 0 saturated carbocycles. The van der Waals surface area contributed by atoms with Gasteiger partial charge in [0.25, 0.3) is 0 Å². The lowest BCUT2D eigenvalue weighted by Crippen LogP contribution is -2.32. The van der Waals surface area contributed by atoms with Gasteiger partial charge in [-0.25, -0.2) is 0 Å². The van der Waals surface area contributed by atoms with Crippen LogP contribution in [0.4, 0.5) is 0 Å². The van der Waals surface area contributed by atoms with E-state index < -0.39 is 0 Å². The Morgan fingerprint density at radius 2 is 2.15 bits per heavy atom. The fourth-order valence-corrected chi connectivity index (χ4v) is 0.991.